The second kappa shape index (κ2) is 5.75. The number of ether oxygens (including phenoxy) is 1. The van der Waals surface area contributed by atoms with Crippen LogP contribution in [0.15, 0.2) is 26.3 Å². The Hall–Kier alpha value is -2.13. The van der Waals surface area contributed by atoms with Gasteiger partial charge in [0.05, 0.1) is 13.1 Å². The molecule has 2 aromatic heterocycles. The van der Waals surface area contributed by atoms with Gasteiger partial charge in [-0.1, -0.05) is 5.16 Å². The topological polar surface area (TPSA) is 94.6 Å². The van der Waals surface area contributed by atoms with Crippen molar-refractivity contribution >= 4 is 10.0 Å². The number of pyridine rings is 1. The van der Waals surface area contributed by atoms with Crippen molar-refractivity contribution in [3.05, 3.63) is 39.6 Å². The average molecular weight is 353 g/mol. The van der Waals surface area contributed by atoms with Crippen LogP contribution >= 0.6 is 0 Å². The number of rotatable bonds is 4. The van der Waals surface area contributed by atoms with E-state index >= 15 is 0 Å². The molecule has 130 valence electrons. The lowest BCUT2D eigenvalue weighted by Crippen LogP contribution is -2.56. The van der Waals surface area contributed by atoms with Crippen LogP contribution < -0.4 is 10.3 Å². The molecular weight excluding hydrogens is 334 g/mol. The van der Waals surface area contributed by atoms with Gasteiger partial charge in [-0.3, -0.25) is 4.79 Å². The average Bonchev–Trinajstić information content (AvgIpc) is 2.79. The van der Waals surface area contributed by atoms with Crippen LogP contribution in [-0.2, 0) is 17.1 Å². The Morgan fingerprint density at radius 1 is 1.25 bits per heavy atom. The van der Waals surface area contributed by atoms with Gasteiger partial charge in [-0.25, -0.2) is 8.42 Å². The molecule has 0 bridgehead atoms. The Kier molecular flexibility index (Phi) is 4.00. The molecule has 8 nitrogen and oxygen atoms in total. The van der Waals surface area contributed by atoms with Crippen molar-refractivity contribution < 1.29 is 17.7 Å². The number of aromatic nitrogens is 2. The molecule has 24 heavy (non-hydrogen) atoms. The Morgan fingerprint density at radius 3 is 2.46 bits per heavy atom. The van der Waals surface area contributed by atoms with Crippen LogP contribution in [0.5, 0.6) is 5.75 Å². The third kappa shape index (κ3) is 2.73. The SMILES string of the molecule is Cc1noc(C)c1S(=O)(=O)N1CC(Oc2cc(C)n(C)c(=O)c2)C1. The number of nitrogens with zero attached hydrogens (tertiary/aromatic N) is 3. The zero-order chi connectivity index (χ0) is 17.6. The first-order chi connectivity index (χ1) is 11.2. The number of hydrogen-bond donors (Lipinski definition) is 0. The highest BCUT2D eigenvalue weighted by Gasteiger charge is 2.40. The van der Waals surface area contributed by atoms with Gasteiger partial charge in [0.15, 0.2) is 5.76 Å². The van der Waals surface area contributed by atoms with Gasteiger partial charge in [-0.05, 0) is 26.8 Å². The molecule has 0 spiro atoms. The Balaban J connectivity index is 1.71. The smallest absolute Gasteiger partial charge is 0.254 e. The molecule has 0 saturated carbocycles. The van der Waals surface area contributed by atoms with Crippen LogP contribution in [0.2, 0.25) is 0 Å². The highest BCUT2D eigenvalue weighted by Crippen LogP contribution is 2.28. The number of aryl methyl sites for hydroxylation is 3. The summed E-state index contributed by atoms with van der Waals surface area (Å²) in [4.78, 5) is 11.9. The lowest BCUT2D eigenvalue weighted by atomic mass is 10.2. The molecule has 0 radical (unpaired) electrons. The molecule has 0 aromatic carbocycles. The van der Waals surface area contributed by atoms with Crippen molar-refractivity contribution in [2.45, 2.75) is 31.8 Å². The number of hydrogen-bond acceptors (Lipinski definition) is 6. The predicted molar refractivity (Wildman–Crippen MR) is 85.6 cm³/mol. The van der Waals surface area contributed by atoms with Crippen molar-refractivity contribution in [1.82, 2.24) is 14.0 Å². The van der Waals surface area contributed by atoms with Gasteiger partial charge >= 0.3 is 0 Å². The van der Waals surface area contributed by atoms with Gasteiger partial charge in [-0.2, -0.15) is 4.31 Å². The molecule has 1 aliphatic rings. The molecule has 0 atom stereocenters. The second-order valence-electron chi connectivity index (χ2n) is 5.94. The van der Waals surface area contributed by atoms with Gasteiger partial charge in [0, 0.05) is 18.8 Å². The minimum absolute atomic E-state index is 0.116. The maximum Gasteiger partial charge on any atom is 0.254 e. The Morgan fingerprint density at radius 2 is 1.92 bits per heavy atom. The maximum atomic E-state index is 12.6. The van der Waals surface area contributed by atoms with Crippen LogP contribution in [0, 0.1) is 20.8 Å². The summed E-state index contributed by atoms with van der Waals surface area (Å²) in [7, 11) is -1.95. The minimum atomic E-state index is -3.64. The fraction of sp³-hybridized carbons (Fsp3) is 0.467. The van der Waals surface area contributed by atoms with Crippen molar-refractivity contribution in [1.29, 1.82) is 0 Å². The van der Waals surface area contributed by atoms with Crippen molar-refractivity contribution in [2.75, 3.05) is 13.1 Å². The van der Waals surface area contributed by atoms with Gasteiger partial charge in [0.25, 0.3) is 5.56 Å². The largest absolute Gasteiger partial charge is 0.487 e. The van der Waals surface area contributed by atoms with Crippen LogP contribution in [0.4, 0.5) is 0 Å². The van der Waals surface area contributed by atoms with Crippen LogP contribution in [0.25, 0.3) is 0 Å². The molecule has 1 aliphatic heterocycles. The standard InChI is InChI=1S/C15H19N3O5S/c1-9-5-12(6-14(19)17(9)4)22-13-7-18(8-13)24(20,21)15-10(2)16-23-11(15)3/h5-6,13H,7-8H2,1-4H3. The molecule has 1 saturated heterocycles. The van der Waals surface area contributed by atoms with E-state index in [1.165, 1.54) is 14.9 Å². The summed E-state index contributed by atoms with van der Waals surface area (Å²) in [5, 5.41) is 3.69. The molecule has 3 rings (SSSR count). The molecule has 2 aromatic rings. The van der Waals surface area contributed by atoms with E-state index in [2.05, 4.69) is 5.16 Å². The quantitative estimate of drug-likeness (QED) is 0.805. The Bertz CT molecular complexity index is 919. The fourth-order valence-electron chi connectivity index (χ4n) is 2.64. The van der Waals surface area contributed by atoms with Gasteiger partial charge < -0.3 is 13.8 Å². The van der Waals surface area contributed by atoms with Gasteiger partial charge in [0.2, 0.25) is 10.0 Å². The van der Waals surface area contributed by atoms with Crippen LogP contribution in [0.3, 0.4) is 0 Å². The van der Waals surface area contributed by atoms with Gasteiger partial charge in [-0.15, -0.1) is 0 Å². The van der Waals surface area contributed by atoms with E-state index in [-0.39, 0.29) is 35.4 Å². The summed E-state index contributed by atoms with van der Waals surface area (Å²) in [5.74, 6) is 0.731. The molecule has 0 N–H and O–H groups in total. The monoisotopic (exact) mass is 353 g/mol. The highest BCUT2D eigenvalue weighted by atomic mass is 32.2. The highest BCUT2D eigenvalue weighted by molar-refractivity contribution is 7.89. The summed E-state index contributed by atoms with van der Waals surface area (Å²) in [6, 6.07) is 3.16. The predicted octanol–water partition coefficient (Wildman–Crippen LogP) is 0.750. The van der Waals surface area contributed by atoms with Crippen molar-refractivity contribution in [2.24, 2.45) is 7.05 Å². The van der Waals surface area contributed by atoms with E-state index < -0.39 is 10.0 Å². The van der Waals surface area contributed by atoms with E-state index in [0.29, 0.717) is 11.4 Å². The minimum Gasteiger partial charge on any atom is -0.487 e. The number of sulfonamides is 1. The van der Waals surface area contributed by atoms with E-state index in [0.717, 1.165) is 5.69 Å². The first-order valence-corrected chi connectivity index (χ1v) is 8.91. The molecule has 0 amide bonds. The third-order valence-electron chi connectivity index (χ3n) is 4.16. The molecule has 1 fully saturated rings. The lowest BCUT2D eigenvalue weighted by molar-refractivity contribution is 0.0758. The summed E-state index contributed by atoms with van der Waals surface area (Å²) in [5.41, 5.74) is 0.959. The van der Waals surface area contributed by atoms with E-state index in [4.69, 9.17) is 9.26 Å². The zero-order valence-corrected chi connectivity index (χ0v) is 14.8. The summed E-state index contributed by atoms with van der Waals surface area (Å²) in [6.07, 6.45) is -0.285. The summed E-state index contributed by atoms with van der Waals surface area (Å²) >= 11 is 0. The van der Waals surface area contributed by atoms with E-state index in [1.807, 2.05) is 6.92 Å². The normalized spacial score (nSPS) is 16.2. The van der Waals surface area contributed by atoms with Crippen LogP contribution in [-0.4, -0.2) is 41.6 Å². The first-order valence-electron chi connectivity index (χ1n) is 7.47. The first kappa shape index (κ1) is 16.7. The third-order valence-corrected chi connectivity index (χ3v) is 6.24. The molecular formula is C15H19N3O5S. The molecule has 0 aliphatic carbocycles. The molecule has 0 unspecified atom stereocenters. The van der Waals surface area contributed by atoms with Crippen molar-refractivity contribution in [3.63, 3.8) is 0 Å². The summed E-state index contributed by atoms with van der Waals surface area (Å²) < 4.78 is 38.7. The second-order valence-corrected chi connectivity index (χ2v) is 7.82. The van der Waals surface area contributed by atoms with Crippen molar-refractivity contribution in [3.8, 4) is 5.75 Å². The lowest BCUT2D eigenvalue weighted by Gasteiger charge is -2.37. The van der Waals surface area contributed by atoms with Crippen LogP contribution in [0.1, 0.15) is 17.1 Å². The van der Waals surface area contributed by atoms with E-state index in [1.54, 1.807) is 27.0 Å². The Labute approximate surface area is 139 Å². The molecule has 3 heterocycles. The van der Waals surface area contributed by atoms with E-state index in [9.17, 15) is 13.2 Å². The zero-order valence-electron chi connectivity index (χ0n) is 13.9. The molecule has 9 heteroatoms. The summed E-state index contributed by atoms with van der Waals surface area (Å²) in [6.45, 7) is 5.42. The maximum absolute atomic E-state index is 12.6. The van der Waals surface area contributed by atoms with Gasteiger partial charge in [0.1, 0.15) is 22.4 Å². The fourth-order valence-corrected chi connectivity index (χ4v) is 4.44.